The Hall–Kier alpha value is -3.29. The normalized spacial score (nSPS) is 11.2. The molecule has 27 heavy (non-hydrogen) atoms. The highest BCUT2D eigenvalue weighted by Gasteiger charge is 2.09. The summed E-state index contributed by atoms with van der Waals surface area (Å²) in [7, 11) is 0. The number of fused-ring (bicyclic) bond motifs is 2. The smallest absolute Gasteiger partial charge is 0.239 e. The fourth-order valence-corrected chi connectivity index (χ4v) is 3.40. The third-order valence-electron chi connectivity index (χ3n) is 4.70. The molecule has 0 aliphatic rings. The molecule has 3 N–H and O–H groups in total. The molecule has 0 saturated heterocycles. The van der Waals surface area contributed by atoms with Crippen molar-refractivity contribution >= 4 is 33.4 Å². The van der Waals surface area contributed by atoms with Gasteiger partial charge in [0.05, 0.1) is 11.2 Å². The predicted molar refractivity (Wildman–Crippen MR) is 105 cm³/mol. The Morgan fingerprint density at radius 1 is 1.15 bits per heavy atom. The molecule has 0 saturated carbocycles. The van der Waals surface area contributed by atoms with E-state index < -0.39 is 0 Å². The number of carbonyl (C=O) groups is 1. The minimum absolute atomic E-state index is 0.110. The number of benzene rings is 2. The second-order valence-electron chi connectivity index (χ2n) is 6.39. The highest BCUT2D eigenvalue weighted by Crippen LogP contribution is 2.26. The van der Waals surface area contributed by atoms with Crippen molar-refractivity contribution in [3.8, 4) is 0 Å². The molecule has 4 aromatic rings. The maximum absolute atomic E-state index is 12.3. The lowest BCUT2D eigenvalue weighted by molar-refractivity contribution is -0.121. The number of hydrogen-bond acceptors (Lipinski definition) is 4. The van der Waals surface area contributed by atoms with Gasteiger partial charge < -0.3 is 25.3 Å². The van der Waals surface area contributed by atoms with Gasteiger partial charge in [-0.05, 0) is 36.2 Å². The molecular weight excluding hydrogens is 344 g/mol. The first-order valence-corrected chi connectivity index (χ1v) is 8.69. The van der Waals surface area contributed by atoms with Gasteiger partial charge in [-0.2, -0.15) is 0 Å². The summed E-state index contributed by atoms with van der Waals surface area (Å²) < 4.78 is 1.75. The van der Waals surface area contributed by atoms with Gasteiger partial charge in [0.25, 0.3) is 0 Å². The third-order valence-corrected chi connectivity index (χ3v) is 4.70. The van der Waals surface area contributed by atoms with Crippen LogP contribution < -0.4 is 10.5 Å². The number of hydrogen-bond donors (Lipinski definition) is 3. The van der Waals surface area contributed by atoms with Crippen molar-refractivity contribution in [2.24, 2.45) is 0 Å². The molecule has 2 aromatic carbocycles. The van der Waals surface area contributed by atoms with Crippen LogP contribution in [0.15, 0.2) is 60.9 Å². The van der Waals surface area contributed by atoms with E-state index in [4.69, 9.17) is 0 Å². The molecule has 1 amide bonds. The Kier molecular flexibility index (Phi) is 4.53. The number of H-pyrrole nitrogens is 1. The summed E-state index contributed by atoms with van der Waals surface area (Å²) in [5.74, 6) is -0.110. The van der Waals surface area contributed by atoms with E-state index in [-0.39, 0.29) is 23.4 Å². The third kappa shape index (κ3) is 3.38. The maximum Gasteiger partial charge on any atom is 0.239 e. The molecule has 2 heterocycles. The zero-order chi connectivity index (χ0) is 18.8. The lowest BCUT2D eigenvalue weighted by Crippen LogP contribution is -2.29. The molecule has 0 aliphatic heterocycles. The quantitative estimate of drug-likeness (QED) is 0.458. The van der Waals surface area contributed by atoms with Crippen LogP contribution in [0, 0.1) is 5.21 Å². The van der Waals surface area contributed by atoms with Crippen LogP contribution in [0.25, 0.3) is 21.8 Å². The molecule has 7 heteroatoms. The zero-order valence-corrected chi connectivity index (χ0v) is 14.6. The number of anilines is 1. The first-order valence-electron chi connectivity index (χ1n) is 8.69. The van der Waals surface area contributed by atoms with Gasteiger partial charge in [0.2, 0.25) is 5.91 Å². The standard InChI is InChI=1S/C20H19N4O3/c25-20(21-10-8-14-12-22-17-5-2-1-4-15(14)17)13-23-11-9-16-18(23)6-3-7-19(16)24(26)27/h1-7,9,11-12,22,26H,8,10,13H2,(H,21,25)/q-1. The van der Waals surface area contributed by atoms with Gasteiger partial charge in [0, 0.05) is 35.2 Å². The van der Waals surface area contributed by atoms with Crippen LogP contribution in [0.2, 0.25) is 0 Å². The number of carbonyl (C=O) groups excluding carboxylic acids is 1. The lowest BCUT2D eigenvalue weighted by Gasteiger charge is -2.22. The lowest BCUT2D eigenvalue weighted by atomic mass is 10.1. The van der Waals surface area contributed by atoms with Gasteiger partial charge in [-0.3, -0.25) is 10.0 Å². The largest absolute Gasteiger partial charge is 0.733 e. The number of amides is 1. The van der Waals surface area contributed by atoms with Gasteiger partial charge in [-0.25, -0.2) is 0 Å². The molecule has 0 bridgehead atoms. The number of para-hydroxylation sites is 1. The Morgan fingerprint density at radius 2 is 2.00 bits per heavy atom. The van der Waals surface area contributed by atoms with E-state index in [1.54, 1.807) is 22.9 Å². The van der Waals surface area contributed by atoms with Crippen molar-refractivity contribution in [1.29, 1.82) is 0 Å². The summed E-state index contributed by atoms with van der Waals surface area (Å²) >= 11 is 0. The second kappa shape index (κ2) is 7.14. The van der Waals surface area contributed by atoms with Gasteiger partial charge >= 0.3 is 0 Å². The minimum atomic E-state index is -0.159. The molecule has 0 spiro atoms. The van der Waals surface area contributed by atoms with Gasteiger partial charge in [0.1, 0.15) is 6.54 Å². The molecule has 0 radical (unpaired) electrons. The van der Waals surface area contributed by atoms with Crippen LogP contribution in [0.3, 0.4) is 0 Å². The fraction of sp³-hybridized carbons (Fsp3) is 0.150. The number of aromatic nitrogens is 2. The van der Waals surface area contributed by atoms with E-state index >= 15 is 0 Å². The Labute approximate surface area is 155 Å². The average molecular weight is 363 g/mol. The molecule has 0 fully saturated rings. The SMILES string of the molecule is O=C(Cn1ccc2c(N([O-])O)cccc21)NCCc1c[nH]c2ccccc12. The van der Waals surface area contributed by atoms with E-state index in [0.29, 0.717) is 17.4 Å². The highest BCUT2D eigenvalue weighted by molar-refractivity contribution is 5.93. The number of nitrogens with zero attached hydrogens (tertiary/aromatic N) is 2. The first kappa shape index (κ1) is 17.1. The van der Waals surface area contributed by atoms with E-state index in [1.807, 2.05) is 30.5 Å². The second-order valence-corrected chi connectivity index (χ2v) is 6.39. The molecule has 7 nitrogen and oxygen atoms in total. The zero-order valence-electron chi connectivity index (χ0n) is 14.6. The van der Waals surface area contributed by atoms with Crippen molar-refractivity contribution in [1.82, 2.24) is 14.9 Å². The molecule has 4 rings (SSSR count). The predicted octanol–water partition coefficient (Wildman–Crippen LogP) is 3.17. The average Bonchev–Trinajstić information content (AvgIpc) is 3.26. The van der Waals surface area contributed by atoms with Crippen LogP contribution in [-0.2, 0) is 17.8 Å². The van der Waals surface area contributed by atoms with Crippen LogP contribution in [0.4, 0.5) is 5.69 Å². The Balaban J connectivity index is 1.40. The fourth-order valence-electron chi connectivity index (χ4n) is 3.40. The monoisotopic (exact) mass is 363 g/mol. The van der Waals surface area contributed by atoms with Gasteiger partial charge in [-0.15, -0.1) is 0 Å². The summed E-state index contributed by atoms with van der Waals surface area (Å²) in [6, 6.07) is 14.8. The Morgan fingerprint density at radius 3 is 2.85 bits per heavy atom. The minimum Gasteiger partial charge on any atom is -0.733 e. The van der Waals surface area contributed by atoms with Crippen LogP contribution >= 0.6 is 0 Å². The van der Waals surface area contributed by atoms with E-state index in [0.717, 1.165) is 11.9 Å². The van der Waals surface area contributed by atoms with E-state index in [9.17, 15) is 15.2 Å². The van der Waals surface area contributed by atoms with Crippen LogP contribution in [0.5, 0.6) is 0 Å². The molecule has 0 unspecified atom stereocenters. The maximum atomic E-state index is 12.3. The highest BCUT2D eigenvalue weighted by atomic mass is 16.8. The van der Waals surface area contributed by atoms with Crippen molar-refractivity contribution in [3.05, 3.63) is 71.7 Å². The molecule has 0 aliphatic carbocycles. The first-order chi connectivity index (χ1) is 13.1. The summed E-state index contributed by atoms with van der Waals surface area (Å²) in [6.07, 6.45) is 4.44. The van der Waals surface area contributed by atoms with E-state index in [2.05, 4.69) is 16.4 Å². The van der Waals surface area contributed by atoms with E-state index in [1.165, 1.54) is 17.0 Å². The molecule has 2 aromatic heterocycles. The summed E-state index contributed by atoms with van der Waals surface area (Å²) in [5.41, 5.74) is 3.13. The Bertz CT molecular complexity index is 1100. The summed E-state index contributed by atoms with van der Waals surface area (Å²) in [5, 5.41) is 24.9. The van der Waals surface area contributed by atoms with Crippen molar-refractivity contribution in [3.63, 3.8) is 0 Å². The van der Waals surface area contributed by atoms with Crippen LogP contribution in [0.1, 0.15) is 5.56 Å². The van der Waals surface area contributed by atoms with Crippen LogP contribution in [-0.4, -0.2) is 27.2 Å². The van der Waals surface area contributed by atoms with Gasteiger partial charge in [-0.1, -0.05) is 24.3 Å². The number of rotatable bonds is 6. The summed E-state index contributed by atoms with van der Waals surface area (Å²) in [4.78, 5) is 15.5. The topological polar surface area (TPSA) is 96.3 Å². The van der Waals surface area contributed by atoms with Crippen molar-refractivity contribution in [2.75, 3.05) is 11.8 Å². The van der Waals surface area contributed by atoms with Gasteiger partial charge in [0.15, 0.2) is 0 Å². The number of aromatic amines is 1. The molecule has 138 valence electrons. The van der Waals surface area contributed by atoms with Crippen molar-refractivity contribution < 1.29 is 10.0 Å². The van der Waals surface area contributed by atoms with Crippen molar-refractivity contribution in [2.45, 2.75) is 13.0 Å². The molecule has 0 atom stereocenters. The number of nitrogens with one attached hydrogen (secondary N) is 2. The molecular formula is C20H19N4O3-. The summed E-state index contributed by atoms with van der Waals surface area (Å²) in [6.45, 7) is 0.682.